The summed E-state index contributed by atoms with van der Waals surface area (Å²) in [5.41, 5.74) is 0.346. The summed E-state index contributed by atoms with van der Waals surface area (Å²) in [5.74, 6) is -0.672. The topological polar surface area (TPSA) is 52.6 Å². The largest absolute Gasteiger partial charge is 0.462 e. The molecule has 0 aromatic heterocycles. The van der Waals surface area contributed by atoms with E-state index in [1.807, 2.05) is 0 Å². The highest BCUT2D eigenvalue weighted by Gasteiger charge is 2.05. The third-order valence-electron chi connectivity index (χ3n) is 2.66. The Kier molecular flexibility index (Phi) is 10.9. The van der Waals surface area contributed by atoms with Gasteiger partial charge in [-0.15, -0.1) is 0 Å². The Morgan fingerprint density at radius 1 is 0.947 bits per heavy atom. The average Bonchev–Trinajstić information content (AvgIpc) is 2.38. The van der Waals surface area contributed by atoms with Crippen LogP contribution in [0.4, 0.5) is 0 Å². The Hall–Kier alpha value is -1.32. The van der Waals surface area contributed by atoms with Gasteiger partial charge >= 0.3 is 11.9 Å². The van der Waals surface area contributed by atoms with Crippen LogP contribution in [0.2, 0.25) is 0 Å². The summed E-state index contributed by atoms with van der Waals surface area (Å²) in [6, 6.07) is 0. The lowest BCUT2D eigenvalue weighted by Crippen LogP contribution is -2.14. The van der Waals surface area contributed by atoms with Gasteiger partial charge in [-0.05, 0) is 13.3 Å². The van der Waals surface area contributed by atoms with Gasteiger partial charge in [-0.2, -0.15) is 0 Å². The van der Waals surface area contributed by atoms with Crippen molar-refractivity contribution in [3.63, 3.8) is 0 Å². The van der Waals surface area contributed by atoms with E-state index in [0.717, 1.165) is 12.8 Å². The Bertz CT molecular complexity index is 284. The molecule has 0 aromatic carbocycles. The summed E-state index contributed by atoms with van der Waals surface area (Å²) >= 11 is 0. The minimum absolute atomic E-state index is 0.0912. The van der Waals surface area contributed by atoms with Crippen LogP contribution < -0.4 is 0 Å². The second-order valence-corrected chi connectivity index (χ2v) is 4.65. The van der Waals surface area contributed by atoms with Crippen molar-refractivity contribution in [1.29, 1.82) is 0 Å². The zero-order valence-electron chi connectivity index (χ0n) is 12.2. The summed E-state index contributed by atoms with van der Waals surface area (Å²) in [6.07, 6.45) is 7.29. The van der Waals surface area contributed by atoms with Crippen molar-refractivity contribution < 1.29 is 19.1 Å². The van der Waals surface area contributed by atoms with E-state index in [0.29, 0.717) is 12.0 Å². The third kappa shape index (κ3) is 11.5. The molecule has 0 aliphatic carbocycles. The monoisotopic (exact) mass is 270 g/mol. The molecule has 110 valence electrons. The van der Waals surface area contributed by atoms with Crippen LogP contribution in [0.25, 0.3) is 0 Å². The fourth-order valence-corrected chi connectivity index (χ4v) is 1.53. The number of unbranched alkanes of at least 4 members (excludes halogenated alkanes) is 5. The molecule has 4 heteroatoms. The number of carbonyl (C=O) groups excluding carboxylic acids is 2. The van der Waals surface area contributed by atoms with Crippen LogP contribution in [0.15, 0.2) is 12.2 Å². The Labute approximate surface area is 116 Å². The van der Waals surface area contributed by atoms with Crippen molar-refractivity contribution in [2.24, 2.45) is 0 Å². The van der Waals surface area contributed by atoms with Crippen molar-refractivity contribution in [2.75, 3.05) is 13.2 Å². The minimum Gasteiger partial charge on any atom is -0.462 e. The minimum atomic E-state index is -0.452. The zero-order valence-corrected chi connectivity index (χ0v) is 12.2. The van der Waals surface area contributed by atoms with Gasteiger partial charge < -0.3 is 9.47 Å². The van der Waals surface area contributed by atoms with Gasteiger partial charge in [0.1, 0.15) is 13.2 Å². The maximum atomic E-state index is 11.3. The van der Waals surface area contributed by atoms with Gasteiger partial charge in [0, 0.05) is 12.0 Å². The molecule has 0 saturated heterocycles. The van der Waals surface area contributed by atoms with E-state index in [1.54, 1.807) is 6.92 Å². The van der Waals surface area contributed by atoms with Crippen LogP contribution >= 0.6 is 0 Å². The van der Waals surface area contributed by atoms with E-state index in [1.165, 1.54) is 25.7 Å². The summed E-state index contributed by atoms with van der Waals surface area (Å²) in [5, 5.41) is 0. The highest BCUT2D eigenvalue weighted by molar-refractivity contribution is 5.86. The molecule has 0 atom stereocenters. The van der Waals surface area contributed by atoms with E-state index in [9.17, 15) is 9.59 Å². The molecular formula is C15H26O4. The fourth-order valence-electron chi connectivity index (χ4n) is 1.53. The smallest absolute Gasteiger partial charge is 0.333 e. The van der Waals surface area contributed by atoms with E-state index in [-0.39, 0.29) is 19.2 Å². The fraction of sp³-hybridized carbons (Fsp3) is 0.733. The van der Waals surface area contributed by atoms with Crippen LogP contribution in [0.5, 0.6) is 0 Å². The number of esters is 2. The Morgan fingerprint density at radius 3 is 2.16 bits per heavy atom. The first kappa shape index (κ1) is 17.7. The second kappa shape index (κ2) is 11.8. The number of hydrogen-bond acceptors (Lipinski definition) is 4. The molecule has 4 nitrogen and oxygen atoms in total. The summed E-state index contributed by atoms with van der Waals surface area (Å²) in [7, 11) is 0. The summed E-state index contributed by atoms with van der Waals surface area (Å²) in [4.78, 5) is 22.4. The van der Waals surface area contributed by atoms with Gasteiger partial charge in [0.15, 0.2) is 0 Å². The zero-order chi connectivity index (χ0) is 14.5. The molecule has 19 heavy (non-hydrogen) atoms. The summed E-state index contributed by atoms with van der Waals surface area (Å²) < 4.78 is 9.76. The summed E-state index contributed by atoms with van der Waals surface area (Å²) in [6.45, 7) is 7.42. The van der Waals surface area contributed by atoms with Gasteiger partial charge in [-0.25, -0.2) is 4.79 Å². The van der Waals surface area contributed by atoms with E-state index in [4.69, 9.17) is 9.47 Å². The average molecular weight is 270 g/mol. The number of carbonyl (C=O) groups is 2. The molecule has 0 saturated carbocycles. The molecule has 0 spiro atoms. The second-order valence-electron chi connectivity index (χ2n) is 4.65. The molecule has 0 bridgehead atoms. The molecule has 0 amide bonds. The van der Waals surface area contributed by atoms with Crippen LogP contribution in [0.1, 0.15) is 58.8 Å². The maximum Gasteiger partial charge on any atom is 0.333 e. The molecule has 0 aromatic rings. The lowest BCUT2D eigenvalue weighted by molar-refractivity contribution is -0.150. The molecule has 0 aliphatic rings. The van der Waals surface area contributed by atoms with Crippen molar-refractivity contribution in [3.8, 4) is 0 Å². The van der Waals surface area contributed by atoms with Crippen molar-refractivity contribution in [3.05, 3.63) is 12.2 Å². The highest BCUT2D eigenvalue weighted by Crippen LogP contribution is 2.07. The molecule has 0 N–H and O–H groups in total. The standard InChI is InChI=1S/C15H26O4/c1-4-5-6-7-8-9-10-14(16)18-11-12-19-15(17)13(2)3/h2,4-12H2,1,3H3. The third-order valence-corrected chi connectivity index (χ3v) is 2.66. The Balaban J connectivity index is 3.35. The molecule has 0 unspecified atom stereocenters. The van der Waals surface area contributed by atoms with Crippen LogP contribution in [-0.2, 0) is 19.1 Å². The van der Waals surface area contributed by atoms with Crippen LogP contribution in [-0.4, -0.2) is 25.2 Å². The van der Waals surface area contributed by atoms with Crippen molar-refractivity contribution in [2.45, 2.75) is 58.8 Å². The molecule has 0 aliphatic heterocycles. The normalized spacial score (nSPS) is 10.0. The first-order valence-corrected chi connectivity index (χ1v) is 7.06. The van der Waals surface area contributed by atoms with Crippen LogP contribution in [0, 0.1) is 0 Å². The molecule has 0 rings (SSSR count). The molecule has 0 radical (unpaired) electrons. The van der Waals surface area contributed by atoms with E-state index < -0.39 is 5.97 Å². The first-order chi connectivity index (χ1) is 9.07. The number of ether oxygens (including phenoxy) is 2. The van der Waals surface area contributed by atoms with Gasteiger partial charge in [0.2, 0.25) is 0 Å². The number of hydrogen-bond donors (Lipinski definition) is 0. The maximum absolute atomic E-state index is 11.3. The van der Waals surface area contributed by atoms with Gasteiger partial charge in [0.25, 0.3) is 0 Å². The van der Waals surface area contributed by atoms with Gasteiger partial charge in [-0.3, -0.25) is 4.79 Å². The predicted molar refractivity (Wildman–Crippen MR) is 74.7 cm³/mol. The number of rotatable bonds is 11. The van der Waals surface area contributed by atoms with Crippen molar-refractivity contribution in [1.82, 2.24) is 0 Å². The lowest BCUT2D eigenvalue weighted by Gasteiger charge is -2.06. The quantitative estimate of drug-likeness (QED) is 0.328. The molecular weight excluding hydrogens is 244 g/mol. The molecule has 0 fully saturated rings. The van der Waals surface area contributed by atoms with Crippen molar-refractivity contribution >= 4 is 11.9 Å². The lowest BCUT2D eigenvalue weighted by atomic mass is 10.1. The van der Waals surface area contributed by atoms with Gasteiger partial charge in [-0.1, -0.05) is 45.6 Å². The van der Waals surface area contributed by atoms with E-state index in [2.05, 4.69) is 13.5 Å². The SMILES string of the molecule is C=C(C)C(=O)OCCOC(=O)CCCCCCCC. The van der Waals surface area contributed by atoms with E-state index >= 15 is 0 Å². The Morgan fingerprint density at radius 2 is 1.53 bits per heavy atom. The van der Waals surface area contributed by atoms with Gasteiger partial charge in [0.05, 0.1) is 0 Å². The van der Waals surface area contributed by atoms with Crippen LogP contribution in [0.3, 0.4) is 0 Å². The molecule has 0 heterocycles. The predicted octanol–water partition coefficient (Wildman–Crippen LogP) is 3.40. The first-order valence-electron chi connectivity index (χ1n) is 7.06. The highest BCUT2D eigenvalue weighted by atomic mass is 16.6.